The summed E-state index contributed by atoms with van der Waals surface area (Å²) in [5.74, 6) is -0.285. The molecule has 0 fully saturated rings. The lowest BCUT2D eigenvalue weighted by molar-refractivity contribution is 0.0978. The standard InChI is InChI=1S/C30H24O5/c31-25(20-12-14-21(15-13-20)35-18-19-6-2-1-3-7-19)17-16-22-23-8-4-10-26(32)28(23)30(34)29-24(22)9-5-11-27(29)33/h1-15,22,32-33H,16-18H2. The average Bonchev–Trinajstić information content (AvgIpc) is 2.88. The van der Waals surface area contributed by atoms with Crippen LogP contribution < -0.4 is 4.74 Å². The molecule has 1 aliphatic carbocycles. The maximum absolute atomic E-state index is 13.0. The molecule has 0 aromatic heterocycles. The number of phenolic OH excluding ortho intramolecular Hbond substituents is 2. The van der Waals surface area contributed by atoms with Crippen LogP contribution >= 0.6 is 0 Å². The number of carbonyl (C=O) groups excluding carboxylic acids is 2. The maximum Gasteiger partial charge on any atom is 0.201 e. The largest absolute Gasteiger partial charge is 0.507 e. The monoisotopic (exact) mass is 464 g/mol. The Balaban J connectivity index is 1.32. The summed E-state index contributed by atoms with van der Waals surface area (Å²) in [5, 5.41) is 20.8. The van der Waals surface area contributed by atoms with Crippen molar-refractivity contribution in [2.75, 3.05) is 0 Å². The second-order valence-corrected chi connectivity index (χ2v) is 8.62. The van der Waals surface area contributed by atoms with Gasteiger partial charge in [0.25, 0.3) is 0 Å². The number of ketones is 2. The van der Waals surface area contributed by atoms with Crippen molar-refractivity contribution in [2.45, 2.75) is 25.4 Å². The van der Waals surface area contributed by atoms with Gasteiger partial charge in [0.05, 0.1) is 11.1 Å². The third-order valence-corrected chi connectivity index (χ3v) is 6.44. The van der Waals surface area contributed by atoms with Gasteiger partial charge in [-0.15, -0.1) is 0 Å². The molecule has 4 aromatic rings. The molecule has 0 amide bonds. The normalized spacial score (nSPS) is 12.6. The Morgan fingerprint density at radius 3 is 1.94 bits per heavy atom. The fraction of sp³-hybridized carbons (Fsp3) is 0.133. The second-order valence-electron chi connectivity index (χ2n) is 8.62. The highest BCUT2D eigenvalue weighted by Crippen LogP contribution is 2.44. The second kappa shape index (κ2) is 9.47. The Kier molecular flexibility index (Phi) is 6.06. The van der Waals surface area contributed by atoms with Crippen molar-refractivity contribution in [2.24, 2.45) is 0 Å². The minimum absolute atomic E-state index is 0.0279. The Labute approximate surface area is 203 Å². The van der Waals surface area contributed by atoms with E-state index in [1.807, 2.05) is 30.3 Å². The summed E-state index contributed by atoms with van der Waals surface area (Å²) in [6.45, 7) is 0.451. The van der Waals surface area contributed by atoms with Crippen molar-refractivity contribution in [3.05, 3.63) is 124 Å². The minimum atomic E-state index is -0.403. The van der Waals surface area contributed by atoms with Crippen LogP contribution in [0.25, 0.3) is 0 Å². The number of ether oxygens (including phenoxy) is 1. The lowest BCUT2D eigenvalue weighted by Gasteiger charge is -2.28. The van der Waals surface area contributed by atoms with Crippen LogP contribution in [0.5, 0.6) is 17.2 Å². The highest BCUT2D eigenvalue weighted by Gasteiger charge is 2.34. The zero-order chi connectivity index (χ0) is 24.4. The molecule has 0 unspecified atom stereocenters. The van der Waals surface area contributed by atoms with E-state index in [0.29, 0.717) is 35.5 Å². The van der Waals surface area contributed by atoms with Crippen LogP contribution in [0.15, 0.2) is 91.0 Å². The van der Waals surface area contributed by atoms with Crippen molar-refractivity contribution < 1.29 is 24.5 Å². The van der Waals surface area contributed by atoms with Crippen LogP contribution in [-0.2, 0) is 6.61 Å². The number of hydrogen-bond acceptors (Lipinski definition) is 5. The van der Waals surface area contributed by atoms with E-state index < -0.39 is 5.78 Å². The van der Waals surface area contributed by atoms with Gasteiger partial charge in [0.1, 0.15) is 23.9 Å². The van der Waals surface area contributed by atoms with Crippen molar-refractivity contribution in [3.8, 4) is 17.2 Å². The predicted octanol–water partition coefficient (Wildman–Crippen LogP) is 6.02. The van der Waals surface area contributed by atoms with Crippen LogP contribution in [0.2, 0.25) is 0 Å². The van der Waals surface area contributed by atoms with Gasteiger partial charge in [-0.2, -0.15) is 0 Å². The summed E-state index contributed by atoms with van der Waals surface area (Å²) in [7, 11) is 0. The zero-order valence-corrected chi connectivity index (χ0v) is 19.0. The molecule has 2 N–H and O–H groups in total. The lowest BCUT2D eigenvalue weighted by atomic mass is 9.74. The molecule has 174 valence electrons. The quantitative estimate of drug-likeness (QED) is 0.327. The molecule has 0 saturated carbocycles. The molecular formula is C30H24O5. The first-order valence-corrected chi connectivity index (χ1v) is 11.5. The van der Waals surface area contributed by atoms with Crippen LogP contribution in [-0.4, -0.2) is 21.8 Å². The molecule has 35 heavy (non-hydrogen) atoms. The fourth-order valence-corrected chi connectivity index (χ4v) is 4.69. The van der Waals surface area contributed by atoms with Gasteiger partial charge in [-0.25, -0.2) is 0 Å². The highest BCUT2D eigenvalue weighted by atomic mass is 16.5. The molecule has 0 saturated heterocycles. The molecule has 5 nitrogen and oxygen atoms in total. The number of benzene rings is 4. The first-order valence-electron chi connectivity index (χ1n) is 11.5. The topological polar surface area (TPSA) is 83.8 Å². The Morgan fingerprint density at radius 1 is 0.743 bits per heavy atom. The van der Waals surface area contributed by atoms with Gasteiger partial charge < -0.3 is 14.9 Å². The van der Waals surface area contributed by atoms with E-state index in [1.54, 1.807) is 48.5 Å². The molecule has 5 rings (SSSR count). The third kappa shape index (κ3) is 4.41. The zero-order valence-electron chi connectivity index (χ0n) is 19.0. The van der Waals surface area contributed by atoms with Crippen LogP contribution in [0.4, 0.5) is 0 Å². The Bertz CT molecular complexity index is 1330. The maximum atomic E-state index is 13.0. The van der Waals surface area contributed by atoms with Crippen molar-refractivity contribution in [1.29, 1.82) is 0 Å². The number of hydrogen-bond donors (Lipinski definition) is 2. The summed E-state index contributed by atoms with van der Waals surface area (Å²) >= 11 is 0. The number of fused-ring (bicyclic) bond motifs is 2. The van der Waals surface area contributed by atoms with Gasteiger partial charge in [-0.3, -0.25) is 9.59 Å². The van der Waals surface area contributed by atoms with E-state index in [0.717, 1.165) is 5.56 Å². The molecule has 0 aliphatic heterocycles. The minimum Gasteiger partial charge on any atom is -0.507 e. The third-order valence-electron chi connectivity index (χ3n) is 6.44. The van der Waals surface area contributed by atoms with Crippen molar-refractivity contribution >= 4 is 11.6 Å². The molecule has 1 aliphatic rings. The summed E-state index contributed by atoms with van der Waals surface area (Å²) in [5.41, 5.74) is 3.38. The van der Waals surface area contributed by atoms with E-state index in [-0.39, 0.29) is 40.7 Å². The molecular weight excluding hydrogens is 440 g/mol. The highest BCUT2D eigenvalue weighted by molar-refractivity contribution is 6.16. The van der Waals surface area contributed by atoms with Gasteiger partial charge in [0.2, 0.25) is 5.78 Å². The smallest absolute Gasteiger partial charge is 0.201 e. The van der Waals surface area contributed by atoms with Gasteiger partial charge in [-0.1, -0.05) is 54.6 Å². The van der Waals surface area contributed by atoms with E-state index in [1.165, 1.54) is 12.1 Å². The van der Waals surface area contributed by atoms with E-state index in [9.17, 15) is 19.8 Å². The SMILES string of the molecule is O=C(CCC1c2cccc(O)c2C(=O)c2c(O)cccc21)c1ccc(OCc2ccccc2)cc1. The summed E-state index contributed by atoms with van der Waals surface area (Å²) < 4.78 is 5.80. The Hall–Kier alpha value is -4.38. The van der Waals surface area contributed by atoms with E-state index in [4.69, 9.17) is 4.74 Å². The molecule has 0 bridgehead atoms. The molecule has 0 radical (unpaired) electrons. The number of Topliss-reactive ketones (excluding diaryl/α,β-unsaturated/α-hetero) is 1. The molecule has 0 atom stereocenters. The van der Waals surface area contributed by atoms with Crippen LogP contribution in [0.3, 0.4) is 0 Å². The number of phenols is 2. The Morgan fingerprint density at radius 2 is 1.34 bits per heavy atom. The van der Waals surface area contributed by atoms with Crippen LogP contribution in [0.1, 0.15) is 61.7 Å². The van der Waals surface area contributed by atoms with Gasteiger partial charge in [0, 0.05) is 17.9 Å². The first kappa shape index (κ1) is 22.4. The lowest BCUT2D eigenvalue weighted by Crippen LogP contribution is -2.20. The number of carbonyl (C=O) groups is 2. The van der Waals surface area contributed by atoms with Crippen LogP contribution in [0, 0.1) is 0 Å². The molecule has 5 heteroatoms. The van der Waals surface area contributed by atoms with Crippen molar-refractivity contribution in [3.63, 3.8) is 0 Å². The fourth-order valence-electron chi connectivity index (χ4n) is 4.69. The van der Waals surface area contributed by atoms with Gasteiger partial charge >= 0.3 is 0 Å². The van der Waals surface area contributed by atoms with E-state index in [2.05, 4.69) is 0 Å². The summed E-state index contributed by atoms with van der Waals surface area (Å²) in [4.78, 5) is 26.0. The predicted molar refractivity (Wildman–Crippen MR) is 132 cm³/mol. The van der Waals surface area contributed by atoms with E-state index >= 15 is 0 Å². The number of rotatable bonds is 7. The van der Waals surface area contributed by atoms with Gasteiger partial charge in [-0.05, 0) is 59.5 Å². The number of aromatic hydroxyl groups is 2. The van der Waals surface area contributed by atoms with Gasteiger partial charge in [0.15, 0.2) is 5.78 Å². The molecule has 4 aromatic carbocycles. The molecule has 0 heterocycles. The summed E-state index contributed by atoms with van der Waals surface area (Å²) in [6.07, 6.45) is 0.679. The molecule has 0 spiro atoms. The average molecular weight is 465 g/mol. The first-order chi connectivity index (χ1) is 17.0. The summed E-state index contributed by atoms with van der Waals surface area (Å²) in [6, 6.07) is 26.9. The van der Waals surface area contributed by atoms with Crippen molar-refractivity contribution in [1.82, 2.24) is 0 Å².